The fourth-order valence-electron chi connectivity index (χ4n) is 2.52. The fourth-order valence-corrected chi connectivity index (χ4v) is 2.52. The van der Waals surface area contributed by atoms with Gasteiger partial charge >= 0.3 is 0 Å². The molecule has 1 aromatic heterocycles. The molecule has 1 fully saturated rings. The summed E-state index contributed by atoms with van der Waals surface area (Å²) in [5, 5.41) is 10.3. The molecule has 1 aliphatic heterocycles. The average Bonchev–Trinajstić information content (AvgIpc) is 2.90. The summed E-state index contributed by atoms with van der Waals surface area (Å²) in [6.45, 7) is 4.09. The van der Waals surface area contributed by atoms with E-state index in [0.717, 1.165) is 29.8 Å². The van der Waals surface area contributed by atoms with Crippen LogP contribution >= 0.6 is 0 Å². The lowest BCUT2D eigenvalue weighted by molar-refractivity contribution is 0.940. The second-order valence-electron chi connectivity index (χ2n) is 4.86. The van der Waals surface area contributed by atoms with Gasteiger partial charge in [-0.05, 0) is 37.5 Å². The first kappa shape index (κ1) is 11.0. The molecular formula is C15H15N3. The van der Waals surface area contributed by atoms with E-state index in [4.69, 9.17) is 4.98 Å². The van der Waals surface area contributed by atoms with E-state index in [2.05, 4.69) is 30.0 Å². The number of anilines is 1. The topological polar surface area (TPSA) is 39.9 Å². The molecule has 0 aliphatic carbocycles. The van der Waals surface area contributed by atoms with Crippen molar-refractivity contribution in [2.45, 2.75) is 19.8 Å². The van der Waals surface area contributed by atoms with Crippen molar-refractivity contribution in [1.29, 1.82) is 5.26 Å². The number of rotatable bonds is 1. The number of nitriles is 1. The van der Waals surface area contributed by atoms with E-state index in [0.29, 0.717) is 5.56 Å². The standard InChI is InChI=1S/C15H15N3/c1-11-4-5-12-9-13(10-16)15(17-14(12)8-11)18-6-2-3-7-18/h4-5,8-9H,2-3,6-7H2,1H3. The van der Waals surface area contributed by atoms with E-state index in [1.54, 1.807) is 0 Å². The molecule has 0 radical (unpaired) electrons. The van der Waals surface area contributed by atoms with E-state index < -0.39 is 0 Å². The summed E-state index contributed by atoms with van der Waals surface area (Å²) in [6.07, 6.45) is 2.39. The molecule has 0 unspecified atom stereocenters. The van der Waals surface area contributed by atoms with Gasteiger partial charge in [0.25, 0.3) is 0 Å². The molecule has 0 spiro atoms. The van der Waals surface area contributed by atoms with Crippen LogP contribution in [-0.2, 0) is 0 Å². The zero-order valence-corrected chi connectivity index (χ0v) is 10.5. The van der Waals surface area contributed by atoms with Crippen LogP contribution in [0.15, 0.2) is 24.3 Å². The van der Waals surface area contributed by atoms with Crippen LogP contribution in [0, 0.1) is 18.3 Å². The van der Waals surface area contributed by atoms with Crippen molar-refractivity contribution < 1.29 is 0 Å². The smallest absolute Gasteiger partial charge is 0.147 e. The molecule has 18 heavy (non-hydrogen) atoms. The number of benzene rings is 1. The van der Waals surface area contributed by atoms with Crippen LogP contribution < -0.4 is 4.90 Å². The van der Waals surface area contributed by atoms with Gasteiger partial charge in [-0.1, -0.05) is 12.1 Å². The zero-order chi connectivity index (χ0) is 12.5. The van der Waals surface area contributed by atoms with Crippen molar-refractivity contribution >= 4 is 16.7 Å². The number of hydrogen-bond donors (Lipinski definition) is 0. The summed E-state index contributed by atoms with van der Waals surface area (Å²) in [5.74, 6) is 0.855. The lowest BCUT2D eigenvalue weighted by Gasteiger charge is -2.18. The molecule has 1 saturated heterocycles. The molecule has 90 valence electrons. The van der Waals surface area contributed by atoms with Crippen molar-refractivity contribution in [3.63, 3.8) is 0 Å². The predicted molar refractivity (Wildman–Crippen MR) is 72.6 cm³/mol. The Morgan fingerprint density at radius 3 is 2.72 bits per heavy atom. The Balaban J connectivity index is 2.19. The molecular weight excluding hydrogens is 222 g/mol. The van der Waals surface area contributed by atoms with Gasteiger partial charge in [-0.25, -0.2) is 4.98 Å². The van der Waals surface area contributed by atoms with Gasteiger partial charge in [0.1, 0.15) is 11.9 Å². The highest BCUT2D eigenvalue weighted by molar-refractivity contribution is 5.83. The van der Waals surface area contributed by atoms with Gasteiger partial charge in [-0.15, -0.1) is 0 Å². The quantitative estimate of drug-likeness (QED) is 0.765. The Kier molecular flexibility index (Phi) is 2.64. The zero-order valence-electron chi connectivity index (χ0n) is 10.5. The van der Waals surface area contributed by atoms with Crippen LogP contribution in [-0.4, -0.2) is 18.1 Å². The summed E-state index contributed by atoms with van der Waals surface area (Å²) >= 11 is 0. The number of aromatic nitrogens is 1. The molecule has 1 aliphatic rings. The lowest BCUT2D eigenvalue weighted by atomic mass is 10.1. The van der Waals surface area contributed by atoms with E-state index in [1.807, 2.05) is 12.1 Å². The molecule has 0 atom stereocenters. The highest BCUT2D eigenvalue weighted by Gasteiger charge is 2.17. The molecule has 2 heterocycles. The van der Waals surface area contributed by atoms with Gasteiger partial charge in [0.2, 0.25) is 0 Å². The molecule has 0 amide bonds. The maximum atomic E-state index is 9.28. The summed E-state index contributed by atoms with van der Waals surface area (Å²) in [5.41, 5.74) is 2.87. The van der Waals surface area contributed by atoms with Gasteiger partial charge in [-0.3, -0.25) is 0 Å². The molecule has 0 saturated carbocycles. The molecule has 1 aromatic carbocycles. The Bertz CT molecular complexity index is 634. The first-order chi connectivity index (χ1) is 8.78. The largest absolute Gasteiger partial charge is 0.356 e. The molecule has 0 bridgehead atoms. The van der Waals surface area contributed by atoms with Gasteiger partial charge in [-0.2, -0.15) is 5.26 Å². The fraction of sp³-hybridized carbons (Fsp3) is 0.333. The summed E-state index contributed by atoms with van der Waals surface area (Å²) in [4.78, 5) is 6.91. The van der Waals surface area contributed by atoms with Crippen molar-refractivity contribution in [2.24, 2.45) is 0 Å². The molecule has 0 N–H and O–H groups in total. The summed E-state index contributed by atoms with van der Waals surface area (Å²) in [6, 6.07) is 10.4. The average molecular weight is 237 g/mol. The summed E-state index contributed by atoms with van der Waals surface area (Å²) < 4.78 is 0. The molecule has 2 aromatic rings. The minimum absolute atomic E-state index is 0.688. The SMILES string of the molecule is Cc1ccc2cc(C#N)c(N3CCCC3)nc2c1. The number of pyridine rings is 1. The minimum atomic E-state index is 0.688. The normalized spacial score (nSPS) is 15.0. The summed E-state index contributed by atoms with van der Waals surface area (Å²) in [7, 11) is 0. The van der Waals surface area contributed by atoms with Crippen LogP contribution in [0.5, 0.6) is 0 Å². The second-order valence-corrected chi connectivity index (χ2v) is 4.86. The van der Waals surface area contributed by atoms with Crippen molar-refractivity contribution in [1.82, 2.24) is 4.98 Å². The third-order valence-corrected chi connectivity index (χ3v) is 3.48. The number of nitrogens with zero attached hydrogens (tertiary/aromatic N) is 3. The molecule has 3 rings (SSSR count). The van der Waals surface area contributed by atoms with Crippen molar-refractivity contribution in [3.8, 4) is 6.07 Å². The van der Waals surface area contributed by atoms with Gasteiger partial charge < -0.3 is 4.90 Å². The highest BCUT2D eigenvalue weighted by atomic mass is 15.2. The van der Waals surface area contributed by atoms with Gasteiger partial charge in [0, 0.05) is 18.5 Å². The maximum Gasteiger partial charge on any atom is 0.147 e. The Hall–Kier alpha value is -2.08. The third-order valence-electron chi connectivity index (χ3n) is 3.48. The number of fused-ring (bicyclic) bond motifs is 1. The lowest BCUT2D eigenvalue weighted by Crippen LogP contribution is -2.20. The number of hydrogen-bond acceptors (Lipinski definition) is 3. The van der Waals surface area contributed by atoms with Crippen LogP contribution in [0.3, 0.4) is 0 Å². The molecule has 3 heteroatoms. The van der Waals surface area contributed by atoms with Crippen molar-refractivity contribution in [2.75, 3.05) is 18.0 Å². The monoisotopic (exact) mass is 237 g/mol. The Morgan fingerprint density at radius 1 is 1.22 bits per heavy atom. The van der Waals surface area contributed by atoms with Crippen LogP contribution in [0.2, 0.25) is 0 Å². The predicted octanol–water partition coefficient (Wildman–Crippen LogP) is 3.02. The molecule has 3 nitrogen and oxygen atoms in total. The minimum Gasteiger partial charge on any atom is -0.356 e. The Morgan fingerprint density at radius 2 is 2.00 bits per heavy atom. The van der Waals surface area contributed by atoms with Crippen LogP contribution in [0.25, 0.3) is 10.9 Å². The third kappa shape index (κ3) is 1.80. The highest BCUT2D eigenvalue weighted by Crippen LogP contribution is 2.26. The van der Waals surface area contributed by atoms with Crippen LogP contribution in [0.1, 0.15) is 24.0 Å². The first-order valence-corrected chi connectivity index (χ1v) is 6.34. The van der Waals surface area contributed by atoms with E-state index in [9.17, 15) is 5.26 Å². The number of aryl methyl sites for hydroxylation is 1. The van der Waals surface area contributed by atoms with E-state index in [1.165, 1.54) is 18.4 Å². The maximum absolute atomic E-state index is 9.28. The van der Waals surface area contributed by atoms with Crippen LogP contribution in [0.4, 0.5) is 5.82 Å². The van der Waals surface area contributed by atoms with E-state index >= 15 is 0 Å². The second kappa shape index (κ2) is 4.30. The first-order valence-electron chi connectivity index (χ1n) is 6.34. The Labute approximate surface area is 107 Å². The van der Waals surface area contributed by atoms with Gasteiger partial charge in [0.15, 0.2) is 0 Å². The van der Waals surface area contributed by atoms with Gasteiger partial charge in [0.05, 0.1) is 11.1 Å². The van der Waals surface area contributed by atoms with Crippen molar-refractivity contribution in [3.05, 3.63) is 35.4 Å². The van der Waals surface area contributed by atoms with E-state index in [-0.39, 0.29) is 0 Å².